The van der Waals surface area contributed by atoms with Crippen LogP contribution in [0.4, 0.5) is 0 Å². The first kappa shape index (κ1) is 13.1. The Kier molecular flexibility index (Phi) is 5.05. The summed E-state index contributed by atoms with van der Waals surface area (Å²) in [6, 6.07) is 5.13. The van der Waals surface area contributed by atoms with E-state index in [2.05, 4.69) is 36.7 Å². The quantitative estimate of drug-likeness (QED) is 0.815. The van der Waals surface area contributed by atoms with Gasteiger partial charge in [0, 0.05) is 17.5 Å². The fourth-order valence-electron chi connectivity index (χ4n) is 3.02. The molecule has 2 rings (SSSR count). The monoisotopic (exact) mass is 251 g/mol. The van der Waals surface area contributed by atoms with Crippen molar-refractivity contribution in [1.29, 1.82) is 0 Å². The van der Waals surface area contributed by atoms with Crippen molar-refractivity contribution < 1.29 is 0 Å². The van der Waals surface area contributed by atoms with Crippen molar-refractivity contribution in [2.24, 2.45) is 11.8 Å². The second kappa shape index (κ2) is 6.55. The summed E-state index contributed by atoms with van der Waals surface area (Å²) in [5, 5.41) is 5.90. The van der Waals surface area contributed by atoms with Gasteiger partial charge in [-0.3, -0.25) is 0 Å². The number of hydrogen-bond donors (Lipinski definition) is 1. The molecule has 2 unspecified atom stereocenters. The SMILES string of the molecule is CC(C)CC1CCCC(NCc2cccs2)C1. The van der Waals surface area contributed by atoms with Crippen LogP contribution in [0, 0.1) is 11.8 Å². The van der Waals surface area contributed by atoms with E-state index in [0.717, 1.165) is 24.4 Å². The standard InChI is InChI=1S/C15H25NS/c1-12(2)9-13-5-3-6-14(10-13)16-11-15-7-4-8-17-15/h4,7-8,12-14,16H,3,5-6,9-11H2,1-2H3. The Morgan fingerprint density at radius 3 is 3.00 bits per heavy atom. The molecule has 1 N–H and O–H groups in total. The lowest BCUT2D eigenvalue weighted by Crippen LogP contribution is -2.33. The van der Waals surface area contributed by atoms with E-state index >= 15 is 0 Å². The van der Waals surface area contributed by atoms with Gasteiger partial charge in [-0.25, -0.2) is 0 Å². The zero-order chi connectivity index (χ0) is 12.1. The van der Waals surface area contributed by atoms with E-state index in [9.17, 15) is 0 Å². The summed E-state index contributed by atoms with van der Waals surface area (Å²) in [5.74, 6) is 1.82. The van der Waals surface area contributed by atoms with Crippen molar-refractivity contribution in [1.82, 2.24) is 5.32 Å². The molecule has 2 heteroatoms. The van der Waals surface area contributed by atoms with Gasteiger partial charge >= 0.3 is 0 Å². The Balaban J connectivity index is 1.73. The number of nitrogens with one attached hydrogen (secondary N) is 1. The molecule has 2 atom stereocenters. The summed E-state index contributed by atoms with van der Waals surface area (Å²) >= 11 is 1.86. The molecule has 1 nitrogen and oxygen atoms in total. The smallest absolute Gasteiger partial charge is 0.0302 e. The molecule has 1 fully saturated rings. The molecule has 0 spiro atoms. The van der Waals surface area contributed by atoms with Crippen molar-refractivity contribution in [3.63, 3.8) is 0 Å². The molecule has 96 valence electrons. The summed E-state index contributed by atoms with van der Waals surface area (Å²) in [6.45, 7) is 5.77. The first-order valence-electron chi connectivity index (χ1n) is 7.00. The fourth-order valence-corrected chi connectivity index (χ4v) is 3.67. The van der Waals surface area contributed by atoms with E-state index < -0.39 is 0 Å². The second-order valence-electron chi connectivity index (χ2n) is 5.82. The van der Waals surface area contributed by atoms with Gasteiger partial charge in [-0.05, 0) is 42.5 Å². The van der Waals surface area contributed by atoms with Crippen LogP contribution in [-0.2, 0) is 6.54 Å². The van der Waals surface area contributed by atoms with Gasteiger partial charge in [0.05, 0.1) is 0 Å². The molecule has 1 aliphatic rings. The minimum atomic E-state index is 0.759. The summed E-state index contributed by atoms with van der Waals surface area (Å²) in [6.07, 6.45) is 7.05. The molecule has 1 heterocycles. The van der Waals surface area contributed by atoms with Crippen LogP contribution in [0.1, 0.15) is 50.8 Å². The van der Waals surface area contributed by atoms with Gasteiger partial charge in [-0.1, -0.05) is 32.8 Å². The Labute approximate surface area is 110 Å². The third-order valence-corrected chi connectivity index (χ3v) is 4.61. The maximum atomic E-state index is 3.74. The van der Waals surface area contributed by atoms with Gasteiger partial charge < -0.3 is 5.32 Å². The summed E-state index contributed by atoms with van der Waals surface area (Å²) in [7, 11) is 0. The van der Waals surface area contributed by atoms with Crippen LogP contribution in [0.15, 0.2) is 17.5 Å². The average Bonchev–Trinajstić information content (AvgIpc) is 2.79. The lowest BCUT2D eigenvalue weighted by atomic mass is 9.81. The van der Waals surface area contributed by atoms with E-state index in [4.69, 9.17) is 0 Å². The van der Waals surface area contributed by atoms with Gasteiger partial charge in [0.2, 0.25) is 0 Å². The summed E-state index contributed by atoms with van der Waals surface area (Å²) in [4.78, 5) is 1.47. The van der Waals surface area contributed by atoms with E-state index in [1.54, 1.807) is 0 Å². The molecule has 1 saturated carbocycles. The van der Waals surface area contributed by atoms with Crippen LogP contribution >= 0.6 is 11.3 Å². The van der Waals surface area contributed by atoms with Crippen LogP contribution in [0.3, 0.4) is 0 Å². The Hall–Kier alpha value is -0.340. The average molecular weight is 251 g/mol. The van der Waals surface area contributed by atoms with Crippen molar-refractivity contribution in [3.05, 3.63) is 22.4 Å². The zero-order valence-electron chi connectivity index (χ0n) is 11.1. The number of rotatable bonds is 5. The molecule has 0 amide bonds. The van der Waals surface area contributed by atoms with Gasteiger partial charge in [0.1, 0.15) is 0 Å². The molecule has 0 aromatic carbocycles. The Bertz CT molecular complexity index is 305. The fraction of sp³-hybridized carbons (Fsp3) is 0.733. The van der Waals surface area contributed by atoms with Gasteiger partial charge in [0.15, 0.2) is 0 Å². The van der Waals surface area contributed by atoms with E-state index in [-0.39, 0.29) is 0 Å². The topological polar surface area (TPSA) is 12.0 Å². The Morgan fingerprint density at radius 2 is 2.29 bits per heavy atom. The van der Waals surface area contributed by atoms with Crippen LogP contribution in [-0.4, -0.2) is 6.04 Å². The highest BCUT2D eigenvalue weighted by Gasteiger charge is 2.22. The normalized spacial score (nSPS) is 25.4. The third-order valence-electron chi connectivity index (χ3n) is 3.73. The van der Waals surface area contributed by atoms with Crippen molar-refractivity contribution in [3.8, 4) is 0 Å². The first-order valence-corrected chi connectivity index (χ1v) is 7.87. The molecular formula is C15H25NS. The van der Waals surface area contributed by atoms with Gasteiger partial charge in [-0.15, -0.1) is 11.3 Å². The molecule has 0 saturated heterocycles. The molecule has 17 heavy (non-hydrogen) atoms. The van der Waals surface area contributed by atoms with Crippen LogP contribution in [0.2, 0.25) is 0 Å². The van der Waals surface area contributed by atoms with E-state index in [1.165, 1.54) is 37.0 Å². The Morgan fingerprint density at radius 1 is 1.41 bits per heavy atom. The summed E-state index contributed by atoms with van der Waals surface area (Å²) < 4.78 is 0. The van der Waals surface area contributed by atoms with Crippen molar-refractivity contribution >= 4 is 11.3 Å². The molecular weight excluding hydrogens is 226 g/mol. The minimum Gasteiger partial charge on any atom is -0.309 e. The predicted octanol–water partition coefficient (Wildman–Crippen LogP) is 4.44. The third kappa shape index (κ3) is 4.44. The highest BCUT2D eigenvalue weighted by atomic mass is 32.1. The lowest BCUT2D eigenvalue weighted by molar-refractivity contribution is 0.252. The van der Waals surface area contributed by atoms with Crippen molar-refractivity contribution in [2.75, 3.05) is 0 Å². The summed E-state index contributed by atoms with van der Waals surface area (Å²) in [5.41, 5.74) is 0. The van der Waals surface area contributed by atoms with Gasteiger partial charge in [-0.2, -0.15) is 0 Å². The highest BCUT2D eigenvalue weighted by molar-refractivity contribution is 7.09. The minimum absolute atomic E-state index is 0.759. The molecule has 0 bridgehead atoms. The highest BCUT2D eigenvalue weighted by Crippen LogP contribution is 2.29. The molecule has 1 aromatic heterocycles. The largest absolute Gasteiger partial charge is 0.309 e. The molecule has 0 radical (unpaired) electrons. The second-order valence-corrected chi connectivity index (χ2v) is 6.85. The molecule has 1 aromatic rings. The first-order chi connectivity index (χ1) is 8.24. The predicted molar refractivity (Wildman–Crippen MR) is 76.4 cm³/mol. The number of thiophene rings is 1. The van der Waals surface area contributed by atoms with Gasteiger partial charge in [0.25, 0.3) is 0 Å². The maximum absolute atomic E-state index is 3.74. The number of hydrogen-bond acceptors (Lipinski definition) is 2. The maximum Gasteiger partial charge on any atom is 0.0302 e. The zero-order valence-corrected chi connectivity index (χ0v) is 11.9. The van der Waals surface area contributed by atoms with Crippen LogP contribution < -0.4 is 5.32 Å². The van der Waals surface area contributed by atoms with E-state index in [1.807, 2.05) is 11.3 Å². The van der Waals surface area contributed by atoms with Crippen LogP contribution in [0.5, 0.6) is 0 Å². The van der Waals surface area contributed by atoms with Crippen molar-refractivity contribution in [2.45, 2.75) is 58.5 Å². The lowest BCUT2D eigenvalue weighted by Gasteiger charge is -2.30. The molecule has 1 aliphatic carbocycles. The molecule has 0 aliphatic heterocycles. The van der Waals surface area contributed by atoms with E-state index in [0.29, 0.717) is 0 Å². The van der Waals surface area contributed by atoms with Crippen LogP contribution in [0.25, 0.3) is 0 Å².